The molecular formula is C9H16ClN3OS. The predicted molar refractivity (Wildman–Crippen MR) is 64.7 cm³/mol. The number of anilines is 1. The van der Waals surface area contributed by atoms with Crippen LogP contribution in [0.3, 0.4) is 0 Å². The molecule has 0 aromatic carbocycles. The lowest BCUT2D eigenvalue weighted by Gasteiger charge is -2.24. The van der Waals surface area contributed by atoms with E-state index in [1.165, 1.54) is 0 Å². The Kier molecular flexibility index (Phi) is 5.25. The van der Waals surface area contributed by atoms with Crippen molar-refractivity contribution in [2.75, 3.05) is 24.0 Å². The summed E-state index contributed by atoms with van der Waals surface area (Å²) in [6.45, 7) is 2.15. The van der Waals surface area contributed by atoms with Crippen LogP contribution in [0.4, 0.5) is 6.01 Å². The molecule has 86 valence electrons. The SMILES string of the molecule is CCC(CSC)N(C)c1nnc(CCl)o1. The van der Waals surface area contributed by atoms with Gasteiger partial charge in [-0.05, 0) is 12.7 Å². The van der Waals surface area contributed by atoms with Crippen LogP contribution in [0.5, 0.6) is 0 Å². The minimum absolute atomic E-state index is 0.264. The van der Waals surface area contributed by atoms with Gasteiger partial charge in [-0.25, -0.2) is 0 Å². The van der Waals surface area contributed by atoms with Crippen molar-refractivity contribution in [1.82, 2.24) is 10.2 Å². The fraction of sp³-hybridized carbons (Fsp3) is 0.778. The summed E-state index contributed by atoms with van der Waals surface area (Å²) in [5.41, 5.74) is 0. The van der Waals surface area contributed by atoms with Crippen molar-refractivity contribution in [1.29, 1.82) is 0 Å². The number of thioether (sulfide) groups is 1. The first-order valence-corrected chi connectivity index (χ1v) is 6.75. The highest BCUT2D eigenvalue weighted by atomic mass is 35.5. The van der Waals surface area contributed by atoms with E-state index in [9.17, 15) is 0 Å². The summed E-state index contributed by atoms with van der Waals surface area (Å²) in [5.74, 6) is 1.78. The van der Waals surface area contributed by atoms with Crippen LogP contribution in [0.1, 0.15) is 19.2 Å². The van der Waals surface area contributed by atoms with Gasteiger partial charge in [0.25, 0.3) is 0 Å². The van der Waals surface area contributed by atoms with E-state index in [1.54, 1.807) is 0 Å². The van der Waals surface area contributed by atoms with Crippen molar-refractivity contribution in [2.24, 2.45) is 0 Å². The smallest absolute Gasteiger partial charge is 0.318 e. The van der Waals surface area contributed by atoms with Crippen molar-refractivity contribution in [3.05, 3.63) is 5.89 Å². The third kappa shape index (κ3) is 3.28. The molecule has 0 bridgehead atoms. The maximum Gasteiger partial charge on any atom is 0.318 e. The molecule has 0 radical (unpaired) electrons. The van der Waals surface area contributed by atoms with Crippen LogP contribution in [-0.4, -0.2) is 35.3 Å². The summed E-state index contributed by atoms with van der Waals surface area (Å²) >= 11 is 7.41. The molecule has 0 spiro atoms. The van der Waals surface area contributed by atoms with E-state index >= 15 is 0 Å². The van der Waals surface area contributed by atoms with E-state index in [1.807, 2.05) is 23.7 Å². The van der Waals surface area contributed by atoms with E-state index in [0.717, 1.165) is 12.2 Å². The topological polar surface area (TPSA) is 42.2 Å². The molecule has 0 aliphatic carbocycles. The zero-order valence-corrected chi connectivity index (χ0v) is 10.8. The quantitative estimate of drug-likeness (QED) is 0.725. The Bertz CT molecular complexity index is 295. The Morgan fingerprint density at radius 3 is 2.73 bits per heavy atom. The Labute approximate surface area is 99.4 Å². The second kappa shape index (κ2) is 6.23. The molecule has 0 fully saturated rings. The molecule has 1 rings (SSSR count). The van der Waals surface area contributed by atoms with Crippen LogP contribution in [0, 0.1) is 0 Å². The second-order valence-electron chi connectivity index (χ2n) is 3.24. The summed E-state index contributed by atoms with van der Waals surface area (Å²) < 4.78 is 5.39. The van der Waals surface area contributed by atoms with Crippen LogP contribution >= 0.6 is 23.4 Å². The molecule has 0 saturated heterocycles. The molecule has 0 aliphatic rings. The van der Waals surface area contributed by atoms with Crippen LogP contribution in [0.15, 0.2) is 4.42 Å². The van der Waals surface area contributed by atoms with Gasteiger partial charge in [-0.15, -0.1) is 16.7 Å². The van der Waals surface area contributed by atoms with Crippen LogP contribution in [0.25, 0.3) is 0 Å². The number of alkyl halides is 1. The first-order chi connectivity index (χ1) is 7.22. The normalized spacial score (nSPS) is 12.8. The summed E-state index contributed by atoms with van der Waals surface area (Å²) in [6, 6.07) is 0.968. The monoisotopic (exact) mass is 249 g/mol. The molecule has 1 unspecified atom stereocenters. The third-order valence-electron chi connectivity index (χ3n) is 2.25. The van der Waals surface area contributed by atoms with Gasteiger partial charge in [-0.1, -0.05) is 12.0 Å². The molecule has 0 saturated carbocycles. The molecule has 6 heteroatoms. The molecular weight excluding hydrogens is 234 g/mol. The predicted octanol–water partition coefficient (Wildman–Crippen LogP) is 2.39. The Morgan fingerprint density at radius 1 is 1.53 bits per heavy atom. The van der Waals surface area contributed by atoms with Crippen molar-refractivity contribution >= 4 is 29.4 Å². The lowest BCUT2D eigenvalue weighted by Crippen LogP contribution is -2.33. The second-order valence-corrected chi connectivity index (χ2v) is 4.42. The number of aromatic nitrogens is 2. The van der Waals surface area contributed by atoms with Crippen LogP contribution in [0.2, 0.25) is 0 Å². The van der Waals surface area contributed by atoms with E-state index in [0.29, 0.717) is 17.9 Å². The van der Waals surface area contributed by atoms with Gasteiger partial charge in [-0.3, -0.25) is 0 Å². The summed E-state index contributed by atoms with van der Waals surface area (Å²) in [4.78, 5) is 2.01. The summed E-state index contributed by atoms with van der Waals surface area (Å²) in [7, 11) is 1.97. The highest BCUT2D eigenvalue weighted by Crippen LogP contribution is 2.17. The number of nitrogens with zero attached hydrogens (tertiary/aromatic N) is 3. The highest BCUT2D eigenvalue weighted by Gasteiger charge is 2.17. The van der Waals surface area contributed by atoms with Gasteiger partial charge in [-0.2, -0.15) is 11.8 Å². The lowest BCUT2D eigenvalue weighted by atomic mass is 10.2. The standard InChI is InChI=1S/C9H16ClN3OS/c1-4-7(6-15-3)13(2)9-12-11-8(5-10)14-9/h7H,4-6H2,1-3H3. The molecule has 1 aromatic rings. The van der Waals surface area contributed by atoms with Gasteiger partial charge in [0, 0.05) is 18.8 Å². The molecule has 1 heterocycles. The van der Waals surface area contributed by atoms with E-state index in [4.69, 9.17) is 16.0 Å². The minimum Gasteiger partial charge on any atom is -0.407 e. The third-order valence-corrected chi connectivity index (χ3v) is 3.20. The minimum atomic E-state index is 0.264. The summed E-state index contributed by atoms with van der Waals surface area (Å²) in [5, 5.41) is 7.79. The van der Waals surface area contributed by atoms with Gasteiger partial charge >= 0.3 is 6.01 Å². The zero-order valence-electron chi connectivity index (χ0n) is 9.23. The molecule has 1 aromatic heterocycles. The van der Waals surface area contributed by atoms with Crippen molar-refractivity contribution in [3.8, 4) is 0 Å². The maximum absolute atomic E-state index is 5.60. The molecule has 15 heavy (non-hydrogen) atoms. The van der Waals surface area contributed by atoms with Gasteiger partial charge < -0.3 is 9.32 Å². The van der Waals surface area contributed by atoms with E-state index in [-0.39, 0.29) is 5.88 Å². The first-order valence-electron chi connectivity index (χ1n) is 4.83. The largest absolute Gasteiger partial charge is 0.407 e. The Balaban J connectivity index is 2.68. The van der Waals surface area contributed by atoms with Gasteiger partial charge in [0.2, 0.25) is 5.89 Å². The maximum atomic E-state index is 5.60. The molecule has 0 N–H and O–H groups in total. The van der Waals surface area contributed by atoms with E-state index < -0.39 is 0 Å². The van der Waals surface area contributed by atoms with Gasteiger partial charge in [0.05, 0.1) is 0 Å². The molecule has 4 nitrogen and oxygen atoms in total. The molecule has 0 amide bonds. The zero-order chi connectivity index (χ0) is 11.3. The van der Waals surface area contributed by atoms with Crippen molar-refractivity contribution in [3.63, 3.8) is 0 Å². The average Bonchev–Trinajstić information content (AvgIpc) is 2.73. The number of hydrogen-bond donors (Lipinski definition) is 0. The fourth-order valence-electron chi connectivity index (χ4n) is 1.29. The summed E-state index contributed by atoms with van der Waals surface area (Å²) in [6.07, 6.45) is 3.14. The van der Waals surface area contributed by atoms with Gasteiger partial charge in [0.15, 0.2) is 0 Å². The lowest BCUT2D eigenvalue weighted by molar-refractivity contribution is 0.489. The average molecular weight is 250 g/mol. The Morgan fingerprint density at radius 2 is 2.27 bits per heavy atom. The Hall–Kier alpha value is -0.420. The number of rotatable bonds is 6. The van der Waals surface area contributed by atoms with E-state index in [2.05, 4.69) is 23.4 Å². The van der Waals surface area contributed by atoms with Crippen molar-refractivity contribution in [2.45, 2.75) is 25.3 Å². The van der Waals surface area contributed by atoms with Gasteiger partial charge in [0.1, 0.15) is 5.88 Å². The highest BCUT2D eigenvalue weighted by molar-refractivity contribution is 7.98. The molecule has 1 atom stereocenters. The number of halogens is 1. The van der Waals surface area contributed by atoms with Crippen LogP contribution < -0.4 is 4.90 Å². The number of hydrogen-bond acceptors (Lipinski definition) is 5. The van der Waals surface area contributed by atoms with Crippen LogP contribution in [-0.2, 0) is 5.88 Å². The fourth-order valence-corrected chi connectivity index (χ4v) is 2.25. The molecule has 0 aliphatic heterocycles. The first kappa shape index (κ1) is 12.6. The van der Waals surface area contributed by atoms with Crippen molar-refractivity contribution < 1.29 is 4.42 Å².